The van der Waals surface area contributed by atoms with Gasteiger partial charge in [-0.05, 0) is 62.0 Å². The van der Waals surface area contributed by atoms with Gasteiger partial charge in [-0.1, -0.05) is 178 Å². The third-order valence-corrected chi connectivity index (χ3v) is 11.5. The SMILES string of the molecule is CC1(C)c2ccccc2-c2c1c1c3ccc(-c4nc(-c5ccc(-c6ccccc6)cc5)nc(-c5ccc(-c6ccccc6)cc5)n4)cc3oc1c1ccccc21. The number of hydrogen-bond acceptors (Lipinski definition) is 4. The molecule has 0 amide bonds. The zero-order chi connectivity index (χ0) is 37.4. The van der Waals surface area contributed by atoms with Gasteiger partial charge in [0.05, 0.1) is 0 Å². The zero-order valence-electron chi connectivity index (χ0n) is 31.0. The molecule has 0 saturated carbocycles. The standard InChI is InChI=1S/C52H35N3O/c1-52(2)43-20-12-11-19-41(43)45-39-17-9-10-18-40(39)48-46(47(45)52)42-30-29-38(31-44(42)56-48)51-54-49(36-25-21-34(22-26-36)32-13-5-3-6-14-32)53-50(55-51)37-27-23-35(24-28-37)33-15-7-4-8-16-33/h3-31H,1-2H3. The summed E-state index contributed by atoms with van der Waals surface area (Å²) in [6.45, 7) is 4.68. The molecule has 0 N–H and O–H groups in total. The van der Waals surface area contributed by atoms with Gasteiger partial charge in [0, 0.05) is 38.3 Å². The van der Waals surface area contributed by atoms with Crippen molar-refractivity contribution >= 4 is 32.7 Å². The van der Waals surface area contributed by atoms with E-state index >= 15 is 0 Å². The normalized spacial score (nSPS) is 13.0. The monoisotopic (exact) mass is 717 g/mol. The van der Waals surface area contributed by atoms with Crippen LogP contribution >= 0.6 is 0 Å². The molecule has 0 radical (unpaired) electrons. The predicted molar refractivity (Wildman–Crippen MR) is 229 cm³/mol. The Morgan fingerprint density at radius 1 is 0.411 bits per heavy atom. The Kier molecular flexibility index (Phi) is 7.17. The molecule has 4 heteroatoms. The Morgan fingerprint density at radius 3 is 1.48 bits per heavy atom. The summed E-state index contributed by atoms with van der Waals surface area (Å²) in [4.78, 5) is 15.3. The number of aromatic nitrogens is 3. The summed E-state index contributed by atoms with van der Waals surface area (Å²) in [6, 6.07) is 61.6. The van der Waals surface area contributed by atoms with Crippen LogP contribution in [0.3, 0.4) is 0 Å². The summed E-state index contributed by atoms with van der Waals surface area (Å²) < 4.78 is 6.91. The van der Waals surface area contributed by atoms with Crippen LogP contribution in [-0.2, 0) is 5.41 Å². The molecule has 0 fully saturated rings. The summed E-state index contributed by atoms with van der Waals surface area (Å²) in [5, 5.41) is 4.61. The Balaban J connectivity index is 1.08. The second-order valence-corrected chi connectivity index (χ2v) is 15.2. The van der Waals surface area contributed by atoms with Crippen molar-refractivity contribution in [3.05, 3.63) is 187 Å². The van der Waals surface area contributed by atoms with Crippen molar-refractivity contribution in [1.82, 2.24) is 15.0 Å². The van der Waals surface area contributed by atoms with Crippen LogP contribution in [0, 0.1) is 0 Å². The van der Waals surface area contributed by atoms with Crippen molar-refractivity contribution in [2.75, 3.05) is 0 Å². The molecule has 11 rings (SSSR count). The lowest BCUT2D eigenvalue weighted by atomic mass is 9.79. The van der Waals surface area contributed by atoms with E-state index in [1.54, 1.807) is 0 Å². The maximum absolute atomic E-state index is 6.91. The van der Waals surface area contributed by atoms with Crippen LogP contribution in [0.2, 0.25) is 0 Å². The third-order valence-electron chi connectivity index (χ3n) is 11.5. The van der Waals surface area contributed by atoms with E-state index in [2.05, 4.69) is 178 Å². The van der Waals surface area contributed by atoms with E-state index in [-0.39, 0.29) is 5.41 Å². The van der Waals surface area contributed by atoms with Gasteiger partial charge in [0.1, 0.15) is 11.2 Å². The number of benzene rings is 8. The molecule has 56 heavy (non-hydrogen) atoms. The predicted octanol–water partition coefficient (Wildman–Crippen LogP) is 13.6. The number of furan rings is 1. The van der Waals surface area contributed by atoms with E-state index in [9.17, 15) is 0 Å². The summed E-state index contributed by atoms with van der Waals surface area (Å²) in [5.74, 6) is 1.82. The van der Waals surface area contributed by atoms with Gasteiger partial charge < -0.3 is 4.42 Å². The van der Waals surface area contributed by atoms with E-state index in [1.807, 2.05) is 12.1 Å². The van der Waals surface area contributed by atoms with Crippen molar-refractivity contribution in [3.63, 3.8) is 0 Å². The van der Waals surface area contributed by atoms with Crippen LogP contribution in [0.4, 0.5) is 0 Å². The second kappa shape index (κ2) is 12.4. The molecule has 0 spiro atoms. The lowest BCUT2D eigenvalue weighted by molar-refractivity contribution is 0.659. The van der Waals surface area contributed by atoms with E-state index in [4.69, 9.17) is 19.4 Å². The minimum atomic E-state index is -0.201. The molecule has 0 aliphatic heterocycles. The number of fused-ring (bicyclic) bond motifs is 10. The molecule has 1 aliphatic rings. The summed E-state index contributed by atoms with van der Waals surface area (Å²) >= 11 is 0. The van der Waals surface area contributed by atoms with E-state index in [1.165, 1.54) is 44.2 Å². The number of rotatable bonds is 5. The smallest absolute Gasteiger partial charge is 0.164 e. The van der Waals surface area contributed by atoms with E-state index < -0.39 is 0 Å². The lowest BCUT2D eigenvalue weighted by Crippen LogP contribution is -2.15. The van der Waals surface area contributed by atoms with Crippen LogP contribution in [0.1, 0.15) is 25.0 Å². The van der Waals surface area contributed by atoms with E-state index in [0.717, 1.165) is 49.8 Å². The highest BCUT2D eigenvalue weighted by Gasteiger charge is 2.39. The van der Waals surface area contributed by atoms with Gasteiger partial charge in [0.2, 0.25) is 0 Å². The fraction of sp³-hybridized carbons (Fsp3) is 0.0577. The first-order valence-corrected chi connectivity index (χ1v) is 19.1. The highest BCUT2D eigenvalue weighted by molar-refractivity contribution is 6.23. The molecule has 2 aromatic heterocycles. The van der Waals surface area contributed by atoms with Gasteiger partial charge in [-0.25, -0.2) is 15.0 Å². The fourth-order valence-electron chi connectivity index (χ4n) is 8.77. The first-order valence-electron chi connectivity index (χ1n) is 19.1. The number of nitrogens with zero attached hydrogens (tertiary/aromatic N) is 3. The van der Waals surface area contributed by atoms with Gasteiger partial charge >= 0.3 is 0 Å². The van der Waals surface area contributed by atoms with Gasteiger partial charge in [0.25, 0.3) is 0 Å². The van der Waals surface area contributed by atoms with Crippen molar-refractivity contribution in [2.45, 2.75) is 19.3 Å². The average Bonchev–Trinajstić information content (AvgIpc) is 3.76. The maximum Gasteiger partial charge on any atom is 0.164 e. The highest BCUT2D eigenvalue weighted by atomic mass is 16.3. The Labute approximate surface area is 324 Å². The topological polar surface area (TPSA) is 51.8 Å². The molecule has 264 valence electrons. The Morgan fingerprint density at radius 2 is 0.875 bits per heavy atom. The second-order valence-electron chi connectivity index (χ2n) is 15.2. The van der Waals surface area contributed by atoms with Crippen molar-refractivity contribution in [2.24, 2.45) is 0 Å². The molecule has 0 unspecified atom stereocenters. The van der Waals surface area contributed by atoms with E-state index in [0.29, 0.717) is 17.5 Å². The first kappa shape index (κ1) is 32.3. The minimum Gasteiger partial charge on any atom is -0.455 e. The number of hydrogen-bond donors (Lipinski definition) is 0. The molecule has 0 bridgehead atoms. The summed E-state index contributed by atoms with van der Waals surface area (Å²) in [5.41, 5.74) is 14.1. The van der Waals surface area contributed by atoms with Crippen LogP contribution < -0.4 is 0 Å². The summed E-state index contributed by atoms with van der Waals surface area (Å²) in [6.07, 6.45) is 0. The molecule has 4 nitrogen and oxygen atoms in total. The van der Waals surface area contributed by atoms with Crippen LogP contribution in [0.25, 0.3) is 100 Å². The van der Waals surface area contributed by atoms with Crippen LogP contribution in [0.5, 0.6) is 0 Å². The van der Waals surface area contributed by atoms with Crippen molar-refractivity contribution in [3.8, 4) is 67.5 Å². The molecule has 2 heterocycles. The van der Waals surface area contributed by atoms with Crippen LogP contribution in [0.15, 0.2) is 180 Å². The first-order chi connectivity index (χ1) is 27.5. The fourth-order valence-corrected chi connectivity index (χ4v) is 8.77. The largest absolute Gasteiger partial charge is 0.455 e. The highest BCUT2D eigenvalue weighted by Crippen LogP contribution is 2.56. The molecule has 0 atom stereocenters. The molecular formula is C52H35N3O. The zero-order valence-corrected chi connectivity index (χ0v) is 31.0. The molecule has 0 saturated heterocycles. The Bertz CT molecular complexity index is 3030. The molecule has 1 aliphatic carbocycles. The maximum atomic E-state index is 6.91. The lowest BCUT2D eigenvalue weighted by Gasteiger charge is -2.22. The van der Waals surface area contributed by atoms with Gasteiger partial charge in [0.15, 0.2) is 17.5 Å². The molecule has 10 aromatic rings. The summed E-state index contributed by atoms with van der Waals surface area (Å²) in [7, 11) is 0. The van der Waals surface area contributed by atoms with Gasteiger partial charge in [-0.15, -0.1) is 0 Å². The average molecular weight is 718 g/mol. The Hall–Kier alpha value is -7.17. The molecular weight excluding hydrogens is 683 g/mol. The van der Waals surface area contributed by atoms with Gasteiger partial charge in [-0.3, -0.25) is 0 Å². The van der Waals surface area contributed by atoms with Crippen LogP contribution in [-0.4, -0.2) is 15.0 Å². The minimum absolute atomic E-state index is 0.201. The van der Waals surface area contributed by atoms with Gasteiger partial charge in [-0.2, -0.15) is 0 Å². The van der Waals surface area contributed by atoms with Crippen molar-refractivity contribution in [1.29, 1.82) is 0 Å². The quantitative estimate of drug-likeness (QED) is 0.178. The molecule has 8 aromatic carbocycles. The third kappa shape index (κ3) is 5.03. The van der Waals surface area contributed by atoms with Crippen molar-refractivity contribution < 1.29 is 4.42 Å².